The van der Waals surface area contributed by atoms with Crippen LogP contribution in [0.15, 0.2) is 24.3 Å². The van der Waals surface area contributed by atoms with Gasteiger partial charge in [-0.15, -0.1) is 22.9 Å². The van der Waals surface area contributed by atoms with E-state index in [2.05, 4.69) is 30.2 Å². The molecule has 1 unspecified atom stereocenters. The molecule has 2 nitrogen and oxygen atoms in total. The number of hydrogen-bond acceptors (Lipinski definition) is 3. The van der Waals surface area contributed by atoms with Crippen LogP contribution in [0.5, 0.6) is 0 Å². The van der Waals surface area contributed by atoms with E-state index in [1.807, 2.05) is 18.2 Å². The van der Waals surface area contributed by atoms with Crippen molar-refractivity contribution in [2.45, 2.75) is 25.8 Å². The van der Waals surface area contributed by atoms with Crippen molar-refractivity contribution >= 4 is 33.2 Å². The number of nitrogens with one attached hydrogen (secondary N) is 1. The Kier molecular flexibility index (Phi) is 4.37. The Balaban J connectivity index is 1.91. The van der Waals surface area contributed by atoms with E-state index in [1.54, 1.807) is 11.3 Å². The Labute approximate surface area is 111 Å². The van der Waals surface area contributed by atoms with Crippen molar-refractivity contribution in [1.82, 2.24) is 10.3 Å². The minimum atomic E-state index is 0.185. The molecule has 2 aromatic rings. The first-order valence-electron chi connectivity index (χ1n) is 5.86. The molecule has 0 aliphatic carbocycles. The SMILES string of the molecule is CC(C)C(Cl)CNCc1nc2ccccc2s1. The number of benzene rings is 1. The molecule has 0 saturated heterocycles. The number of fused-ring (bicyclic) bond motifs is 1. The van der Waals surface area contributed by atoms with Crippen molar-refractivity contribution in [2.75, 3.05) is 6.54 Å². The lowest BCUT2D eigenvalue weighted by molar-refractivity contribution is 0.545. The zero-order valence-corrected chi connectivity index (χ0v) is 11.7. The van der Waals surface area contributed by atoms with Crippen LogP contribution in [-0.2, 0) is 6.54 Å². The van der Waals surface area contributed by atoms with Crippen molar-refractivity contribution in [3.8, 4) is 0 Å². The first kappa shape index (κ1) is 12.8. The Morgan fingerprint density at radius 2 is 2.12 bits per heavy atom. The van der Waals surface area contributed by atoms with Crippen molar-refractivity contribution in [3.05, 3.63) is 29.3 Å². The van der Waals surface area contributed by atoms with Gasteiger partial charge in [0.15, 0.2) is 0 Å². The summed E-state index contributed by atoms with van der Waals surface area (Å²) in [4.78, 5) is 4.57. The first-order valence-corrected chi connectivity index (χ1v) is 7.11. The molecule has 2 rings (SSSR count). The van der Waals surface area contributed by atoms with Crippen LogP contribution >= 0.6 is 22.9 Å². The molecule has 0 fully saturated rings. The third kappa shape index (κ3) is 3.41. The van der Waals surface area contributed by atoms with E-state index in [0.29, 0.717) is 5.92 Å². The summed E-state index contributed by atoms with van der Waals surface area (Å²) in [5.41, 5.74) is 1.08. The van der Waals surface area contributed by atoms with E-state index in [4.69, 9.17) is 11.6 Å². The van der Waals surface area contributed by atoms with Crippen molar-refractivity contribution in [1.29, 1.82) is 0 Å². The largest absolute Gasteiger partial charge is 0.309 e. The van der Waals surface area contributed by atoms with Crippen LogP contribution in [0.25, 0.3) is 10.2 Å². The number of hydrogen-bond donors (Lipinski definition) is 1. The maximum Gasteiger partial charge on any atom is 0.108 e. The van der Waals surface area contributed by atoms with E-state index in [9.17, 15) is 0 Å². The molecule has 0 radical (unpaired) electrons. The van der Waals surface area contributed by atoms with E-state index in [1.165, 1.54) is 4.70 Å². The number of alkyl halides is 1. The number of para-hydroxylation sites is 1. The minimum absolute atomic E-state index is 0.185. The summed E-state index contributed by atoms with van der Waals surface area (Å²) in [5, 5.41) is 4.67. The van der Waals surface area contributed by atoms with Gasteiger partial charge in [0.2, 0.25) is 0 Å². The molecule has 0 amide bonds. The van der Waals surface area contributed by atoms with Crippen LogP contribution in [0.3, 0.4) is 0 Å². The van der Waals surface area contributed by atoms with Crippen molar-refractivity contribution in [3.63, 3.8) is 0 Å². The van der Waals surface area contributed by atoms with E-state index >= 15 is 0 Å². The summed E-state index contributed by atoms with van der Waals surface area (Å²) in [6, 6.07) is 8.22. The normalized spacial score (nSPS) is 13.4. The predicted octanol–water partition coefficient (Wildman–Crippen LogP) is 3.65. The fraction of sp³-hybridized carbons (Fsp3) is 0.462. The van der Waals surface area contributed by atoms with Gasteiger partial charge in [-0.1, -0.05) is 26.0 Å². The van der Waals surface area contributed by atoms with Gasteiger partial charge in [0.05, 0.1) is 10.2 Å². The third-order valence-electron chi connectivity index (χ3n) is 2.68. The summed E-state index contributed by atoms with van der Waals surface area (Å²) in [6.07, 6.45) is 0. The Morgan fingerprint density at radius 1 is 1.35 bits per heavy atom. The molecule has 1 heterocycles. The van der Waals surface area contributed by atoms with Crippen LogP contribution in [0.1, 0.15) is 18.9 Å². The minimum Gasteiger partial charge on any atom is -0.309 e. The summed E-state index contributed by atoms with van der Waals surface area (Å²) < 4.78 is 1.25. The standard InChI is InChI=1S/C13H17ClN2S/c1-9(2)10(14)7-15-8-13-16-11-5-3-4-6-12(11)17-13/h3-6,9-10,15H,7-8H2,1-2H3. The second-order valence-corrected chi connectivity index (χ2v) is 6.14. The zero-order valence-electron chi connectivity index (χ0n) is 10.1. The molecular weight excluding hydrogens is 252 g/mol. The molecule has 0 aliphatic heterocycles. The van der Waals surface area contributed by atoms with Gasteiger partial charge in [-0.2, -0.15) is 0 Å². The fourth-order valence-corrected chi connectivity index (χ4v) is 2.59. The first-order chi connectivity index (χ1) is 8.16. The monoisotopic (exact) mass is 268 g/mol. The highest BCUT2D eigenvalue weighted by Crippen LogP contribution is 2.21. The summed E-state index contributed by atoms with van der Waals surface area (Å²) in [6.45, 7) is 5.90. The van der Waals surface area contributed by atoms with E-state index < -0.39 is 0 Å². The molecule has 0 saturated carbocycles. The van der Waals surface area contributed by atoms with Gasteiger partial charge in [0.1, 0.15) is 5.01 Å². The third-order valence-corrected chi connectivity index (χ3v) is 4.37. The Bertz CT molecular complexity index is 448. The molecule has 1 atom stereocenters. The maximum atomic E-state index is 6.18. The number of halogens is 1. The maximum absolute atomic E-state index is 6.18. The highest BCUT2D eigenvalue weighted by atomic mass is 35.5. The van der Waals surface area contributed by atoms with Gasteiger partial charge in [-0.25, -0.2) is 4.98 Å². The van der Waals surface area contributed by atoms with Gasteiger partial charge in [-0.05, 0) is 18.1 Å². The Morgan fingerprint density at radius 3 is 2.82 bits per heavy atom. The number of nitrogens with zero attached hydrogens (tertiary/aromatic N) is 1. The van der Waals surface area contributed by atoms with Crippen LogP contribution in [-0.4, -0.2) is 16.9 Å². The van der Waals surface area contributed by atoms with Crippen LogP contribution in [0, 0.1) is 5.92 Å². The summed E-state index contributed by atoms with van der Waals surface area (Å²) in [5.74, 6) is 0.500. The van der Waals surface area contributed by atoms with Gasteiger partial charge < -0.3 is 5.32 Å². The lowest BCUT2D eigenvalue weighted by Crippen LogP contribution is -2.26. The lowest BCUT2D eigenvalue weighted by atomic mass is 10.1. The summed E-state index contributed by atoms with van der Waals surface area (Å²) >= 11 is 7.92. The molecule has 0 spiro atoms. The Hall–Kier alpha value is -0.640. The highest BCUT2D eigenvalue weighted by molar-refractivity contribution is 7.18. The van der Waals surface area contributed by atoms with E-state index in [-0.39, 0.29) is 5.38 Å². The van der Waals surface area contributed by atoms with Crippen LogP contribution in [0.2, 0.25) is 0 Å². The number of rotatable bonds is 5. The van der Waals surface area contributed by atoms with Gasteiger partial charge in [-0.3, -0.25) is 0 Å². The molecule has 0 bridgehead atoms. The number of aromatic nitrogens is 1. The van der Waals surface area contributed by atoms with Gasteiger partial charge >= 0.3 is 0 Å². The fourth-order valence-electron chi connectivity index (χ4n) is 1.55. The second kappa shape index (κ2) is 5.80. The molecule has 92 valence electrons. The molecule has 1 aromatic carbocycles. The van der Waals surface area contributed by atoms with Gasteiger partial charge in [0.25, 0.3) is 0 Å². The molecule has 17 heavy (non-hydrogen) atoms. The van der Waals surface area contributed by atoms with Crippen molar-refractivity contribution < 1.29 is 0 Å². The second-order valence-electron chi connectivity index (χ2n) is 4.47. The zero-order chi connectivity index (χ0) is 12.3. The molecule has 1 aromatic heterocycles. The van der Waals surface area contributed by atoms with Crippen molar-refractivity contribution in [2.24, 2.45) is 5.92 Å². The molecule has 0 aliphatic rings. The smallest absolute Gasteiger partial charge is 0.108 e. The summed E-state index contributed by atoms with van der Waals surface area (Å²) in [7, 11) is 0. The molecule has 4 heteroatoms. The van der Waals surface area contributed by atoms with Crippen LogP contribution < -0.4 is 5.32 Å². The predicted molar refractivity (Wildman–Crippen MR) is 75.8 cm³/mol. The average molecular weight is 269 g/mol. The quantitative estimate of drug-likeness (QED) is 0.838. The average Bonchev–Trinajstić information content (AvgIpc) is 2.71. The van der Waals surface area contributed by atoms with Gasteiger partial charge in [0, 0.05) is 18.5 Å². The molecular formula is C13H17ClN2S. The topological polar surface area (TPSA) is 24.9 Å². The highest BCUT2D eigenvalue weighted by Gasteiger charge is 2.09. The lowest BCUT2D eigenvalue weighted by Gasteiger charge is -2.13. The number of thiazole rings is 1. The van der Waals surface area contributed by atoms with Crippen LogP contribution in [0.4, 0.5) is 0 Å². The van der Waals surface area contributed by atoms with E-state index in [0.717, 1.165) is 23.6 Å². The molecule has 1 N–H and O–H groups in total.